The summed E-state index contributed by atoms with van der Waals surface area (Å²) in [6.07, 6.45) is 3.42. The van der Waals surface area contributed by atoms with Crippen molar-refractivity contribution in [2.75, 3.05) is 44.5 Å². The Kier molecular flexibility index (Phi) is 8.29. The molecule has 166 valence electrons. The van der Waals surface area contributed by atoms with Crippen LogP contribution >= 0.6 is 0 Å². The number of aryl methyl sites for hydroxylation is 1. The minimum absolute atomic E-state index is 0.0851. The van der Waals surface area contributed by atoms with Gasteiger partial charge in [0.1, 0.15) is 12.4 Å². The first-order valence-corrected chi connectivity index (χ1v) is 10.7. The number of anilines is 2. The molecule has 0 saturated carbocycles. The van der Waals surface area contributed by atoms with Crippen LogP contribution in [0, 0.1) is 0 Å². The van der Waals surface area contributed by atoms with E-state index in [9.17, 15) is 9.59 Å². The molecule has 7 heteroatoms. The maximum Gasteiger partial charge on any atom is 0.243 e. The van der Waals surface area contributed by atoms with Crippen LogP contribution < -0.4 is 15.4 Å². The van der Waals surface area contributed by atoms with Crippen molar-refractivity contribution in [2.45, 2.75) is 31.8 Å². The Balaban J connectivity index is 1.41. The van der Waals surface area contributed by atoms with Crippen LogP contribution in [0.2, 0.25) is 0 Å². The quantitative estimate of drug-likeness (QED) is 0.611. The molecule has 2 aromatic rings. The Hall–Kier alpha value is -3.06. The molecule has 3 rings (SSSR count). The highest BCUT2D eigenvalue weighted by Crippen LogP contribution is 2.18. The molecule has 7 nitrogen and oxygen atoms in total. The number of benzene rings is 2. The zero-order valence-corrected chi connectivity index (χ0v) is 18.2. The molecule has 1 saturated heterocycles. The fourth-order valence-corrected chi connectivity index (χ4v) is 3.30. The number of rotatable bonds is 10. The van der Waals surface area contributed by atoms with Gasteiger partial charge in [-0.1, -0.05) is 12.1 Å². The van der Waals surface area contributed by atoms with E-state index in [0.717, 1.165) is 42.1 Å². The van der Waals surface area contributed by atoms with Crippen LogP contribution in [-0.4, -0.2) is 56.7 Å². The molecular weight excluding hydrogens is 394 g/mol. The molecule has 0 bridgehead atoms. The number of ether oxygens (including phenoxy) is 2. The van der Waals surface area contributed by atoms with Crippen LogP contribution in [0.4, 0.5) is 11.4 Å². The van der Waals surface area contributed by atoms with E-state index in [1.807, 2.05) is 48.5 Å². The van der Waals surface area contributed by atoms with Gasteiger partial charge in [0.15, 0.2) is 0 Å². The standard InChI is InChI=1S/C24H31N3O4/c1-27(2)24(29)13-8-18-5-3-6-20(15-18)26-23(28)16-25-19-9-11-21(12-10-19)31-17-22-7-4-14-30-22/h3,5-6,9-12,15,22,25H,4,7-8,13-14,16-17H2,1-2H3,(H,26,28). The van der Waals surface area contributed by atoms with Gasteiger partial charge in [-0.05, 0) is 61.2 Å². The summed E-state index contributed by atoms with van der Waals surface area (Å²) in [6.45, 7) is 1.54. The number of hydrogen-bond acceptors (Lipinski definition) is 5. The van der Waals surface area contributed by atoms with E-state index >= 15 is 0 Å². The predicted octanol–water partition coefficient (Wildman–Crippen LogP) is 3.32. The lowest BCUT2D eigenvalue weighted by Crippen LogP contribution is -2.22. The summed E-state index contributed by atoms with van der Waals surface area (Å²) in [5, 5.41) is 6.00. The largest absolute Gasteiger partial charge is 0.491 e. The Morgan fingerprint density at radius 3 is 2.65 bits per heavy atom. The average Bonchev–Trinajstić information content (AvgIpc) is 3.29. The van der Waals surface area contributed by atoms with Gasteiger partial charge in [-0.3, -0.25) is 9.59 Å². The molecular formula is C24H31N3O4. The molecule has 0 aromatic heterocycles. The first-order valence-electron chi connectivity index (χ1n) is 10.7. The molecule has 0 radical (unpaired) electrons. The van der Waals surface area contributed by atoms with Gasteiger partial charge in [0.05, 0.1) is 12.6 Å². The fraction of sp³-hybridized carbons (Fsp3) is 0.417. The third-order valence-corrected chi connectivity index (χ3v) is 5.10. The summed E-state index contributed by atoms with van der Waals surface area (Å²) >= 11 is 0. The van der Waals surface area contributed by atoms with Gasteiger partial charge >= 0.3 is 0 Å². The molecule has 1 atom stereocenters. The summed E-state index contributed by atoms with van der Waals surface area (Å²) in [6, 6.07) is 15.1. The lowest BCUT2D eigenvalue weighted by molar-refractivity contribution is -0.128. The Morgan fingerprint density at radius 2 is 1.94 bits per heavy atom. The second-order valence-corrected chi connectivity index (χ2v) is 7.86. The number of carbonyl (C=O) groups is 2. The third-order valence-electron chi connectivity index (χ3n) is 5.10. The molecule has 1 aliphatic heterocycles. The van der Waals surface area contributed by atoms with Crippen LogP contribution in [0.3, 0.4) is 0 Å². The van der Waals surface area contributed by atoms with Crippen LogP contribution in [0.15, 0.2) is 48.5 Å². The first-order chi connectivity index (χ1) is 15.0. The number of nitrogens with zero attached hydrogens (tertiary/aromatic N) is 1. The summed E-state index contributed by atoms with van der Waals surface area (Å²) in [4.78, 5) is 25.6. The molecule has 1 fully saturated rings. The lowest BCUT2D eigenvalue weighted by atomic mass is 10.1. The van der Waals surface area contributed by atoms with Crippen molar-refractivity contribution in [3.8, 4) is 5.75 Å². The van der Waals surface area contributed by atoms with E-state index in [1.165, 1.54) is 0 Å². The van der Waals surface area contributed by atoms with Crippen molar-refractivity contribution < 1.29 is 19.1 Å². The zero-order valence-electron chi connectivity index (χ0n) is 18.2. The highest BCUT2D eigenvalue weighted by atomic mass is 16.5. The molecule has 1 heterocycles. The Morgan fingerprint density at radius 1 is 1.13 bits per heavy atom. The fourth-order valence-electron chi connectivity index (χ4n) is 3.30. The highest BCUT2D eigenvalue weighted by molar-refractivity contribution is 5.93. The predicted molar refractivity (Wildman–Crippen MR) is 121 cm³/mol. The van der Waals surface area contributed by atoms with E-state index in [1.54, 1.807) is 19.0 Å². The van der Waals surface area contributed by atoms with Crippen molar-refractivity contribution in [1.82, 2.24) is 4.90 Å². The second-order valence-electron chi connectivity index (χ2n) is 7.86. The van der Waals surface area contributed by atoms with Crippen molar-refractivity contribution in [3.05, 3.63) is 54.1 Å². The van der Waals surface area contributed by atoms with Crippen molar-refractivity contribution in [3.63, 3.8) is 0 Å². The summed E-state index contributed by atoms with van der Waals surface area (Å²) in [5.74, 6) is 0.734. The maximum atomic E-state index is 12.3. The first kappa shape index (κ1) is 22.6. The van der Waals surface area contributed by atoms with Crippen LogP contribution in [0.25, 0.3) is 0 Å². The molecule has 1 unspecified atom stereocenters. The smallest absolute Gasteiger partial charge is 0.243 e. The van der Waals surface area contributed by atoms with E-state index < -0.39 is 0 Å². The van der Waals surface area contributed by atoms with Gasteiger partial charge in [-0.15, -0.1) is 0 Å². The molecule has 2 amide bonds. The van der Waals surface area contributed by atoms with Crippen LogP contribution in [-0.2, 0) is 20.7 Å². The van der Waals surface area contributed by atoms with E-state index in [2.05, 4.69) is 10.6 Å². The summed E-state index contributed by atoms with van der Waals surface area (Å²) in [5.41, 5.74) is 2.58. The normalized spacial score (nSPS) is 15.4. The summed E-state index contributed by atoms with van der Waals surface area (Å²) in [7, 11) is 3.50. The van der Waals surface area contributed by atoms with Gasteiger partial charge in [0, 0.05) is 38.5 Å². The monoisotopic (exact) mass is 425 g/mol. The van der Waals surface area contributed by atoms with Crippen molar-refractivity contribution in [1.29, 1.82) is 0 Å². The Labute approximate surface area is 183 Å². The van der Waals surface area contributed by atoms with Gasteiger partial charge in [0.25, 0.3) is 0 Å². The second kappa shape index (κ2) is 11.4. The minimum atomic E-state index is -0.139. The van der Waals surface area contributed by atoms with Crippen LogP contribution in [0.5, 0.6) is 5.75 Å². The lowest BCUT2D eigenvalue weighted by Gasteiger charge is -2.12. The average molecular weight is 426 g/mol. The zero-order chi connectivity index (χ0) is 22.1. The molecule has 31 heavy (non-hydrogen) atoms. The number of hydrogen-bond donors (Lipinski definition) is 2. The summed E-state index contributed by atoms with van der Waals surface area (Å²) < 4.78 is 11.3. The van der Waals surface area contributed by atoms with E-state index in [-0.39, 0.29) is 24.5 Å². The maximum absolute atomic E-state index is 12.3. The number of amides is 2. The molecule has 2 N–H and O–H groups in total. The van der Waals surface area contributed by atoms with Gasteiger partial charge < -0.3 is 25.0 Å². The van der Waals surface area contributed by atoms with Crippen molar-refractivity contribution in [2.24, 2.45) is 0 Å². The molecule has 2 aromatic carbocycles. The van der Waals surface area contributed by atoms with Gasteiger partial charge in [-0.25, -0.2) is 0 Å². The van der Waals surface area contributed by atoms with Crippen LogP contribution in [0.1, 0.15) is 24.8 Å². The van der Waals surface area contributed by atoms with E-state index in [4.69, 9.17) is 9.47 Å². The highest BCUT2D eigenvalue weighted by Gasteiger charge is 2.15. The SMILES string of the molecule is CN(C)C(=O)CCc1cccc(NC(=O)CNc2ccc(OCC3CCCO3)cc2)c1. The molecule has 0 aliphatic carbocycles. The third kappa shape index (κ3) is 7.61. The van der Waals surface area contributed by atoms with E-state index in [0.29, 0.717) is 19.4 Å². The Bertz CT molecular complexity index is 861. The number of carbonyl (C=O) groups excluding carboxylic acids is 2. The molecule has 0 spiro atoms. The minimum Gasteiger partial charge on any atom is -0.491 e. The topological polar surface area (TPSA) is 79.9 Å². The number of nitrogens with one attached hydrogen (secondary N) is 2. The van der Waals surface area contributed by atoms with Gasteiger partial charge in [-0.2, -0.15) is 0 Å². The van der Waals surface area contributed by atoms with Crippen molar-refractivity contribution >= 4 is 23.2 Å². The van der Waals surface area contributed by atoms with Gasteiger partial charge in [0.2, 0.25) is 11.8 Å². The molecule has 1 aliphatic rings.